The van der Waals surface area contributed by atoms with Crippen LogP contribution in [-0.4, -0.2) is 69.8 Å². The van der Waals surface area contributed by atoms with Gasteiger partial charge in [-0.3, -0.25) is 0 Å². The zero-order chi connectivity index (χ0) is 19.3. The number of allylic oxidation sites excluding steroid dienone is 1. The smallest absolute Gasteiger partial charge is 0.385 e. The van der Waals surface area contributed by atoms with E-state index in [1.54, 1.807) is 21.3 Å². The van der Waals surface area contributed by atoms with Crippen molar-refractivity contribution >= 4 is 8.80 Å². The highest BCUT2D eigenvalue weighted by Gasteiger charge is 2.38. The second-order valence-electron chi connectivity index (χ2n) is 6.06. The van der Waals surface area contributed by atoms with Crippen LogP contribution in [0.4, 0.5) is 0 Å². The molecule has 7 heteroatoms. The van der Waals surface area contributed by atoms with Crippen molar-refractivity contribution in [2.45, 2.75) is 51.9 Å². The van der Waals surface area contributed by atoms with Gasteiger partial charge >= 0.3 is 8.80 Å². The predicted molar refractivity (Wildman–Crippen MR) is 106 cm³/mol. The van der Waals surface area contributed by atoms with E-state index in [0.717, 1.165) is 64.8 Å². The molecule has 0 saturated heterocycles. The molecule has 0 heterocycles. The summed E-state index contributed by atoms with van der Waals surface area (Å²) in [4.78, 5) is 0. The fourth-order valence-electron chi connectivity index (χ4n) is 2.22. The van der Waals surface area contributed by atoms with Gasteiger partial charge in [0, 0.05) is 61.0 Å². The van der Waals surface area contributed by atoms with E-state index < -0.39 is 8.80 Å². The van der Waals surface area contributed by atoms with Crippen molar-refractivity contribution in [3.05, 3.63) is 11.8 Å². The van der Waals surface area contributed by atoms with E-state index in [4.69, 9.17) is 27.5 Å². The molecule has 6 nitrogen and oxygen atoms in total. The van der Waals surface area contributed by atoms with Gasteiger partial charge in [0.05, 0.1) is 0 Å². The Bertz CT molecular complexity index is 278. The quantitative estimate of drug-likeness (QED) is 0.232. The molecule has 0 fully saturated rings. The van der Waals surface area contributed by atoms with Gasteiger partial charge in [0.2, 0.25) is 0 Å². The topological polar surface area (TPSA) is 55.4 Å². The minimum absolute atomic E-state index is 0.625. The number of hydrogen-bond acceptors (Lipinski definition) is 6. The standard InChI is InChI=1S/C19H40O6Si/c1-5-6-19-26(23-16-10-7-13-20-2,24-17-11-8-14-21-3)25-18-12-9-15-22-4/h6,19H,5,7-18H2,1-4H3. The molecule has 0 aromatic carbocycles. The molecule has 0 radical (unpaired) electrons. The van der Waals surface area contributed by atoms with Crippen LogP contribution in [0.25, 0.3) is 0 Å². The molecular weight excluding hydrogens is 352 g/mol. The predicted octanol–water partition coefficient (Wildman–Crippen LogP) is 3.76. The first-order valence-electron chi connectivity index (χ1n) is 9.81. The summed E-state index contributed by atoms with van der Waals surface area (Å²) in [6.07, 6.45) is 8.74. The summed E-state index contributed by atoms with van der Waals surface area (Å²) in [5.74, 6) is 0. The minimum Gasteiger partial charge on any atom is -0.385 e. The monoisotopic (exact) mass is 392 g/mol. The van der Waals surface area contributed by atoms with E-state index in [9.17, 15) is 0 Å². The minimum atomic E-state index is -2.80. The van der Waals surface area contributed by atoms with Crippen LogP contribution in [0.3, 0.4) is 0 Å². The van der Waals surface area contributed by atoms with Gasteiger partial charge in [0.15, 0.2) is 0 Å². The average molecular weight is 393 g/mol. The Hall–Kier alpha value is -0.283. The summed E-state index contributed by atoms with van der Waals surface area (Å²) in [6, 6.07) is 0. The molecule has 26 heavy (non-hydrogen) atoms. The van der Waals surface area contributed by atoms with Crippen molar-refractivity contribution < 1.29 is 27.5 Å². The summed E-state index contributed by atoms with van der Waals surface area (Å²) in [5, 5.41) is 0. The van der Waals surface area contributed by atoms with E-state index in [1.165, 1.54) is 0 Å². The first kappa shape index (κ1) is 25.7. The largest absolute Gasteiger partial charge is 0.529 e. The zero-order valence-corrected chi connectivity index (χ0v) is 18.3. The Kier molecular flexibility index (Phi) is 19.3. The molecule has 0 aromatic rings. The highest BCUT2D eigenvalue weighted by atomic mass is 28.4. The third-order valence-electron chi connectivity index (χ3n) is 3.70. The van der Waals surface area contributed by atoms with Crippen LogP contribution in [0.15, 0.2) is 11.8 Å². The molecule has 0 aliphatic rings. The lowest BCUT2D eigenvalue weighted by molar-refractivity contribution is 0.0621. The molecule has 0 saturated carbocycles. The maximum atomic E-state index is 6.18. The second kappa shape index (κ2) is 19.5. The van der Waals surface area contributed by atoms with Gasteiger partial charge in [0.25, 0.3) is 0 Å². The van der Waals surface area contributed by atoms with Crippen LogP contribution < -0.4 is 0 Å². The molecule has 0 unspecified atom stereocenters. The molecule has 0 spiro atoms. The lowest BCUT2D eigenvalue weighted by Crippen LogP contribution is -2.45. The van der Waals surface area contributed by atoms with Gasteiger partial charge in [-0.2, -0.15) is 0 Å². The summed E-state index contributed by atoms with van der Waals surface area (Å²) in [6.45, 7) is 6.22. The molecule has 0 aliphatic carbocycles. The molecule has 0 amide bonds. The van der Waals surface area contributed by atoms with Crippen LogP contribution in [-0.2, 0) is 27.5 Å². The molecule has 0 aromatic heterocycles. The van der Waals surface area contributed by atoms with Gasteiger partial charge in [-0.15, -0.1) is 0 Å². The van der Waals surface area contributed by atoms with Crippen LogP contribution in [0.1, 0.15) is 51.9 Å². The van der Waals surface area contributed by atoms with Gasteiger partial charge < -0.3 is 27.5 Å². The highest BCUT2D eigenvalue weighted by molar-refractivity contribution is 6.66. The van der Waals surface area contributed by atoms with Crippen LogP contribution in [0.2, 0.25) is 0 Å². The summed E-state index contributed by atoms with van der Waals surface area (Å²) in [5.41, 5.74) is 2.04. The highest BCUT2D eigenvalue weighted by Crippen LogP contribution is 2.16. The average Bonchev–Trinajstić information content (AvgIpc) is 2.65. The van der Waals surface area contributed by atoms with Crippen molar-refractivity contribution in [3.63, 3.8) is 0 Å². The Balaban J connectivity index is 4.61. The van der Waals surface area contributed by atoms with Gasteiger partial charge in [-0.25, -0.2) is 0 Å². The third-order valence-corrected chi connectivity index (χ3v) is 6.16. The molecule has 0 aliphatic heterocycles. The maximum absolute atomic E-state index is 6.18. The SMILES string of the molecule is CCC=C[Si](OCCCCOC)(OCCCCOC)OCCCCOC. The second-order valence-corrected chi connectivity index (χ2v) is 8.47. The number of unbranched alkanes of at least 4 members (excludes halogenated alkanes) is 3. The Morgan fingerprint density at radius 3 is 1.23 bits per heavy atom. The first-order valence-corrected chi connectivity index (χ1v) is 11.6. The first-order chi connectivity index (χ1) is 12.7. The Labute approximate surface area is 161 Å². The lowest BCUT2D eigenvalue weighted by atomic mass is 10.3. The molecule has 0 N–H and O–H groups in total. The van der Waals surface area contributed by atoms with Crippen LogP contribution in [0.5, 0.6) is 0 Å². The molecule has 0 bridgehead atoms. The van der Waals surface area contributed by atoms with E-state index in [0.29, 0.717) is 19.8 Å². The Morgan fingerprint density at radius 1 is 0.577 bits per heavy atom. The zero-order valence-electron chi connectivity index (χ0n) is 17.3. The fourth-order valence-corrected chi connectivity index (χ4v) is 4.57. The van der Waals surface area contributed by atoms with Crippen molar-refractivity contribution in [2.24, 2.45) is 0 Å². The Morgan fingerprint density at radius 2 is 0.923 bits per heavy atom. The van der Waals surface area contributed by atoms with Crippen LogP contribution in [0, 0.1) is 0 Å². The number of methoxy groups -OCH3 is 3. The fraction of sp³-hybridized carbons (Fsp3) is 0.895. The maximum Gasteiger partial charge on any atom is 0.529 e. The summed E-state index contributed by atoms with van der Waals surface area (Å²) < 4.78 is 33.8. The lowest BCUT2D eigenvalue weighted by Gasteiger charge is -2.27. The number of ether oxygens (including phenoxy) is 3. The van der Waals surface area contributed by atoms with E-state index in [2.05, 4.69) is 13.0 Å². The van der Waals surface area contributed by atoms with E-state index in [1.807, 2.05) is 5.70 Å². The third kappa shape index (κ3) is 14.8. The normalized spacial score (nSPS) is 12.3. The van der Waals surface area contributed by atoms with Gasteiger partial charge in [-0.05, 0) is 50.6 Å². The van der Waals surface area contributed by atoms with E-state index >= 15 is 0 Å². The number of hydrogen-bond donors (Lipinski definition) is 0. The molecular formula is C19H40O6Si. The van der Waals surface area contributed by atoms with E-state index in [-0.39, 0.29) is 0 Å². The van der Waals surface area contributed by atoms with Crippen molar-refractivity contribution in [3.8, 4) is 0 Å². The molecule has 156 valence electrons. The summed E-state index contributed by atoms with van der Waals surface area (Å²) in [7, 11) is 2.36. The van der Waals surface area contributed by atoms with Crippen LogP contribution >= 0.6 is 0 Å². The van der Waals surface area contributed by atoms with Crippen molar-refractivity contribution in [1.82, 2.24) is 0 Å². The van der Waals surface area contributed by atoms with Crippen molar-refractivity contribution in [2.75, 3.05) is 61.0 Å². The number of rotatable bonds is 20. The van der Waals surface area contributed by atoms with Gasteiger partial charge in [-0.1, -0.05) is 13.0 Å². The summed E-state index contributed by atoms with van der Waals surface area (Å²) >= 11 is 0. The van der Waals surface area contributed by atoms with Crippen molar-refractivity contribution in [1.29, 1.82) is 0 Å². The molecule has 0 atom stereocenters. The molecule has 0 rings (SSSR count). The van der Waals surface area contributed by atoms with Gasteiger partial charge in [0.1, 0.15) is 0 Å².